The zero-order chi connectivity index (χ0) is 52.0. The lowest BCUT2D eigenvalue weighted by atomic mass is 9.73. The highest BCUT2D eigenvalue weighted by Gasteiger charge is 2.55. The van der Waals surface area contributed by atoms with Gasteiger partial charge in [-0.3, -0.25) is 9.59 Å². The lowest BCUT2D eigenvalue weighted by molar-refractivity contribution is -0.319. The first kappa shape index (κ1) is 58.8. The van der Waals surface area contributed by atoms with Crippen molar-refractivity contribution in [2.75, 3.05) is 21.2 Å². The summed E-state index contributed by atoms with van der Waals surface area (Å²) in [4.78, 5) is 48.3. The molecule has 3 saturated heterocycles. The predicted octanol–water partition coefficient (Wildman–Crippen LogP) is 5.98. The van der Waals surface area contributed by atoms with Crippen LogP contribution in [0.25, 0.3) is 0 Å². The number of methoxy groups -OCH3 is 1. The predicted molar refractivity (Wildman–Crippen MR) is 255 cm³/mol. The molecule has 1 aliphatic carbocycles. The summed E-state index contributed by atoms with van der Waals surface area (Å²) in [6, 6.07) is -0.342. The zero-order valence-electron chi connectivity index (χ0n) is 44.4. The second-order valence-electron chi connectivity index (χ2n) is 21.5. The average Bonchev–Trinajstić information content (AvgIpc) is 3.26. The van der Waals surface area contributed by atoms with Crippen molar-refractivity contribution in [3.05, 3.63) is 12.7 Å². The summed E-state index contributed by atoms with van der Waals surface area (Å²) >= 11 is 0. The molecule has 4 rings (SSSR count). The topological polar surface area (TPSA) is 220 Å². The van der Waals surface area contributed by atoms with Crippen molar-refractivity contribution < 1.29 is 77.2 Å². The van der Waals surface area contributed by atoms with Gasteiger partial charge in [0.05, 0.1) is 59.9 Å². The van der Waals surface area contributed by atoms with Crippen molar-refractivity contribution in [2.45, 2.75) is 244 Å². The summed E-state index contributed by atoms with van der Waals surface area (Å²) in [5.41, 5.74) is -4.65. The Morgan fingerprint density at radius 2 is 1.57 bits per heavy atom. The monoisotopic (exact) mass is 985 g/mol. The van der Waals surface area contributed by atoms with Gasteiger partial charge in [-0.2, -0.15) is 0 Å². The Kier molecular flexibility index (Phi) is 20.7. The first-order valence-corrected chi connectivity index (χ1v) is 25.2. The lowest BCUT2D eigenvalue weighted by Crippen LogP contribution is -2.62. The third-order valence-electron chi connectivity index (χ3n) is 14.9. The highest BCUT2D eigenvalue weighted by atomic mass is 16.8. The maximum absolute atomic E-state index is 14.7. The van der Waals surface area contributed by atoms with Gasteiger partial charge >= 0.3 is 17.9 Å². The molecule has 3 aliphatic heterocycles. The van der Waals surface area contributed by atoms with Crippen molar-refractivity contribution in [2.24, 2.45) is 28.8 Å². The van der Waals surface area contributed by atoms with E-state index < -0.39 is 119 Å². The molecule has 398 valence electrons. The number of hydrogen-bond acceptors (Lipinski definition) is 18. The van der Waals surface area contributed by atoms with Gasteiger partial charge in [-0.25, -0.2) is 4.79 Å². The van der Waals surface area contributed by atoms with E-state index in [0.717, 1.165) is 25.3 Å². The highest BCUT2D eigenvalue weighted by molar-refractivity contribution is 5.89. The molecule has 1 saturated carbocycles. The second kappa shape index (κ2) is 24.3. The van der Waals surface area contributed by atoms with Gasteiger partial charge in [-0.1, -0.05) is 45.9 Å². The van der Waals surface area contributed by atoms with Crippen LogP contribution in [-0.2, 0) is 61.9 Å². The van der Waals surface area contributed by atoms with Crippen LogP contribution in [0.3, 0.4) is 0 Å². The van der Waals surface area contributed by atoms with E-state index in [4.69, 9.17) is 52.6 Å². The molecule has 0 spiro atoms. The van der Waals surface area contributed by atoms with Gasteiger partial charge in [0.2, 0.25) is 5.79 Å². The molecule has 18 nitrogen and oxygen atoms in total. The quantitative estimate of drug-likeness (QED) is 0.0599. The standard InChI is InChI=1S/C51H88N2O16/c1-18-37-50(14,59)43(56)31(7)40(52-69-51(68-28(3)4)23-21-20-22-24-51)29(5)26-48(12,58)44(67-47-42(63-35(11)54)36(53(15)16)25-30(6)61-47)32(8)41(33(9)46(57)64-37)66-39-27-49(13,60-17)45(34(10)62-39)65-38(55)19-2/h19,28-34,36-37,39,41-45,47,56,58-59H,2,18,20-27H2,1,3-17H3/t29-,30-,31+,32+,33-,34+,36+,37-,39?,41+,42-,43-,44-,45+,47?,48-,49-,50-/m1/s1. The molecular formula is C51H88N2O16. The van der Waals surface area contributed by atoms with Gasteiger partial charge in [-0.15, -0.1) is 0 Å². The van der Waals surface area contributed by atoms with Crippen molar-refractivity contribution in [3.8, 4) is 0 Å². The van der Waals surface area contributed by atoms with Crippen LogP contribution in [0.1, 0.15) is 148 Å². The zero-order valence-corrected chi connectivity index (χ0v) is 44.4. The molecule has 0 bridgehead atoms. The molecule has 0 radical (unpaired) electrons. The molecule has 0 amide bonds. The van der Waals surface area contributed by atoms with Gasteiger partial charge in [-0.05, 0) is 102 Å². The van der Waals surface area contributed by atoms with Crippen LogP contribution in [0.5, 0.6) is 0 Å². The Morgan fingerprint density at radius 1 is 0.928 bits per heavy atom. The molecule has 18 heteroatoms. The fraction of sp³-hybridized carbons (Fsp3) is 0.882. The number of esters is 3. The summed E-state index contributed by atoms with van der Waals surface area (Å²) in [6.45, 7) is 25.8. The van der Waals surface area contributed by atoms with Gasteiger partial charge in [0.25, 0.3) is 0 Å². The molecule has 0 aromatic heterocycles. The summed E-state index contributed by atoms with van der Waals surface area (Å²) < 4.78 is 57.1. The Labute approximate surface area is 411 Å². The number of nitrogens with zero attached hydrogens (tertiary/aromatic N) is 2. The van der Waals surface area contributed by atoms with Gasteiger partial charge in [0.15, 0.2) is 24.8 Å². The Balaban J connectivity index is 1.95. The summed E-state index contributed by atoms with van der Waals surface area (Å²) in [5.74, 6) is -6.63. The summed E-state index contributed by atoms with van der Waals surface area (Å²) in [6.07, 6.45) is -4.99. The van der Waals surface area contributed by atoms with Crippen LogP contribution >= 0.6 is 0 Å². The molecule has 3 N–H and O–H groups in total. The molecule has 4 fully saturated rings. The van der Waals surface area contributed by atoms with Crippen LogP contribution in [-0.4, -0.2) is 161 Å². The second-order valence-corrected chi connectivity index (χ2v) is 21.5. The third kappa shape index (κ3) is 14.3. The molecule has 4 aliphatic rings. The first-order valence-electron chi connectivity index (χ1n) is 25.2. The number of carbonyl (C=O) groups excluding carboxylic acids is 3. The SMILES string of the molecule is C=CC(=O)O[C@H]1[C@H](C)OC(O[C@H]2[C@H](C)[C@@H](OC3O[C@H](C)C[C@H](N(C)C)[C@H]3OC(C)=O)[C@](C)(O)C[C@@H](C)C(=NOC3(OC(C)C)CCCCC3)[C@H](C)[C@@H](O)[C@](C)(O)[C@@H](CC)OC(=O)[C@@H]2C)C[C@@]1(C)OC. The molecule has 2 unspecified atom stereocenters. The molecule has 0 aromatic carbocycles. The fourth-order valence-corrected chi connectivity index (χ4v) is 11.2. The van der Waals surface area contributed by atoms with E-state index in [1.807, 2.05) is 46.7 Å². The molecular weight excluding hydrogens is 897 g/mol. The fourth-order valence-electron chi connectivity index (χ4n) is 11.2. The number of cyclic esters (lactones) is 1. The van der Waals surface area contributed by atoms with Crippen molar-refractivity contribution >= 4 is 23.6 Å². The largest absolute Gasteiger partial charge is 0.459 e. The minimum atomic E-state index is -2.01. The van der Waals surface area contributed by atoms with Gasteiger partial charge < -0.3 is 67.7 Å². The van der Waals surface area contributed by atoms with Crippen molar-refractivity contribution in [1.29, 1.82) is 0 Å². The number of carbonyl (C=O) groups is 3. The minimum absolute atomic E-state index is 0.0351. The summed E-state index contributed by atoms with van der Waals surface area (Å²) in [7, 11) is 5.24. The molecule has 18 atom stereocenters. The van der Waals surface area contributed by atoms with E-state index in [2.05, 4.69) is 6.58 Å². The van der Waals surface area contributed by atoms with E-state index in [9.17, 15) is 29.7 Å². The van der Waals surface area contributed by atoms with Crippen molar-refractivity contribution in [1.82, 2.24) is 4.90 Å². The van der Waals surface area contributed by atoms with Crippen LogP contribution in [0.2, 0.25) is 0 Å². The molecule has 3 heterocycles. The Morgan fingerprint density at radius 3 is 2.12 bits per heavy atom. The number of ether oxygens (including phenoxy) is 9. The van der Waals surface area contributed by atoms with Gasteiger partial charge in [0, 0.05) is 57.1 Å². The minimum Gasteiger partial charge on any atom is -0.459 e. The summed E-state index contributed by atoms with van der Waals surface area (Å²) in [5, 5.41) is 42.6. The van der Waals surface area contributed by atoms with E-state index in [1.165, 1.54) is 21.0 Å². The maximum Gasteiger partial charge on any atom is 0.330 e. The number of hydrogen-bond donors (Lipinski definition) is 3. The van der Waals surface area contributed by atoms with E-state index in [0.29, 0.717) is 25.0 Å². The normalized spacial score (nSPS) is 42.3. The van der Waals surface area contributed by atoms with E-state index >= 15 is 0 Å². The Hall–Kier alpha value is -2.78. The smallest absolute Gasteiger partial charge is 0.330 e. The maximum atomic E-state index is 14.7. The molecule has 0 aromatic rings. The number of rotatable bonds is 14. The van der Waals surface area contributed by atoms with Crippen molar-refractivity contribution in [3.63, 3.8) is 0 Å². The number of aliphatic hydroxyl groups excluding tert-OH is 1. The number of likely N-dealkylation sites (N-methyl/N-ethyl adjacent to an activating group) is 1. The highest BCUT2D eigenvalue weighted by Crippen LogP contribution is 2.43. The number of oxime groups is 1. The van der Waals surface area contributed by atoms with Crippen LogP contribution in [0, 0.1) is 23.7 Å². The van der Waals surface area contributed by atoms with Crippen LogP contribution < -0.4 is 0 Å². The van der Waals surface area contributed by atoms with Crippen LogP contribution in [0.4, 0.5) is 0 Å². The average molecular weight is 985 g/mol. The third-order valence-corrected chi connectivity index (χ3v) is 14.9. The molecule has 69 heavy (non-hydrogen) atoms. The number of aliphatic hydroxyl groups is 3. The Bertz CT molecular complexity index is 1730. The van der Waals surface area contributed by atoms with Gasteiger partial charge in [0.1, 0.15) is 17.3 Å². The van der Waals surface area contributed by atoms with Crippen LogP contribution in [0.15, 0.2) is 17.8 Å². The van der Waals surface area contributed by atoms with E-state index in [1.54, 1.807) is 48.5 Å². The first-order chi connectivity index (χ1) is 32.1. The van der Waals surface area contributed by atoms with E-state index in [-0.39, 0.29) is 37.5 Å². The lowest BCUT2D eigenvalue weighted by Gasteiger charge is -2.49.